The summed E-state index contributed by atoms with van der Waals surface area (Å²) in [6, 6.07) is 7.50. The number of carbonyl (C=O) groups is 1. The molecular weight excluding hydrogens is 362 g/mol. The normalized spacial score (nSPS) is 14.9. The van der Waals surface area contributed by atoms with Crippen LogP contribution in [0.5, 0.6) is 0 Å². The van der Waals surface area contributed by atoms with Crippen molar-refractivity contribution in [2.45, 2.75) is 18.9 Å². The Morgan fingerprint density at radius 1 is 1.27 bits per heavy atom. The summed E-state index contributed by atoms with van der Waals surface area (Å²) >= 11 is 5.64. The van der Waals surface area contributed by atoms with Gasteiger partial charge in [-0.05, 0) is 50.2 Å². The van der Waals surface area contributed by atoms with Crippen LogP contribution in [0.25, 0.3) is 0 Å². The zero-order valence-electron chi connectivity index (χ0n) is 14.2. The van der Waals surface area contributed by atoms with E-state index in [1.54, 1.807) is 12.1 Å². The number of hydrogen-bond donors (Lipinski definition) is 2. The molecule has 26 heavy (non-hydrogen) atoms. The van der Waals surface area contributed by atoms with Crippen LogP contribution in [0.1, 0.15) is 23.2 Å². The zero-order chi connectivity index (χ0) is 18.7. The Morgan fingerprint density at radius 2 is 2.00 bits per heavy atom. The first-order valence-corrected chi connectivity index (χ1v) is 8.70. The summed E-state index contributed by atoms with van der Waals surface area (Å²) in [5.41, 5.74) is -0.726. The fourth-order valence-corrected chi connectivity index (χ4v) is 3.14. The van der Waals surface area contributed by atoms with E-state index in [2.05, 4.69) is 20.5 Å². The quantitative estimate of drug-likeness (QED) is 0.798. The van der Waals surface area contributed by atoms with Crippen LogP contribution in [0.15, 0.2) is 30.3 Å². The zero-order valence-corrected chi connectivity index (χ0v) is 15.0. The number of halogens is 3. The molecule has 2 heterocycles. The maximum atomic E-state index is 14.0. The van der Waals surface area contributed by atoms with Gasteiger partial charge in [0.1, 0.15) is 23.0 Å². The third-order valence-electron chi connectivity index (χ3n) is 4.46. The molecule has 0 atom stereocenters. The average Bonchev–Trinajstić information content (AvgIpc) is 2.65. The minimum atomic E-state index is -1.09. The molecule has 8 heteroatoms. The maximum absolute atomic E-state index is 14.0. The molecule has 0 spiro atoms. The molecule has 1 aromatic carbocycles. The Morgan fingerprint density at radius 3 is 2.73 bits per heavy atom. The van der Waals surface area contributed by atoms with Gasteiger partial charge in [-0.25, -0.2) is 13.8 Å². The second-order valence-electron chi connectivity index (χ2n) is 6.15. The smallest absolute Gasteiger partial charge is 0.262 e. The molecular formula is C18H19ClF2N4O. The van der Waals surface area contributed by atoms with Crippen molar-refractivity contribution >= 4 is 29.1 Å². The molecule has 0 bridgehead atoms. The third-order valence-corrected chi connectivity index (χ3v) is 4.76. The topological polar surface area (TPSA) is 57.3 Å². The highest BCUT2D eigenvalue weighted by atomic mass is 35.5. The maximum Gasteiger partial charge on any atom is 0.262 e. The highest BCUT2D eigenvalue weighted by Crippen LogP contribution is 2.23. The van der Waals surface area contributed by atoms with E-state index in [1.165, 1.54) is 0 Å². The highest BCUT2D eigenvalue weighted by molar-refractivity contribution is 6.31. The fourth-order valence-electron chi connectivity index (χ4n) is 2.98. The van der Waals surface area contributed by atoms with Crippen molar-refractivity contribution in [3.63, 3.8) is 0 Å². The van der Waals surface area contributed by atoms with Gasteiger partial charge in [-0.3, -0.25) is 4.79 Å². The number of anilines is 2. The molecule has 1 aromatic heterocycles. The molecule has 2 N–H and O–H groups in total. The predicted octanol–water partition coefficient (Wildman–Crippen LogP) is 3.45. The molecule has 1 saturated heterocycles. The molecule has 138 valence electrons. The third kappa shape index (κ3) is 3.94. The van der Waals surface area contributed by atoms with Crippen molar-refractivity contribution in [3.8, 4) is 0 Å². The van der Waals surface area contributed by atoms with Crippen LogP contribution in [-0.4, -0.2) is 37.1 Å². The molecule has 0 radical (unpaired) electrons. The Kier molecular flexibility index (Phi) is 5.68. The summed E-state index contributed by atoms with van der Waals surface area (Å²) in [4.78, 5) is 18.7. The van der Waals surface area contributed by atoms with E-state index in [0.29, 0.717) is 11.9 Å². The van der Waals surface area contributed by atoms with Crippen LogP contribution in [-0.2, 0) is 0 Å². The predicted molar refractivity (Wildman–Crippen MR) is 97.9 cm³/mol. The first-order chi connectivity index (χ1) is 12.5. The Labute approximate surface area is 155 Å². The molecule has 1 amide bonds. The van der Waals surface area contributed by atoms with Crippen LogP contribution >= 0.6 is 11.6 Å². The molecule has 0 aliphatic carbocycles. The van der Waals surface area contributed by atoms with Crippen LogP contribution in [0.3, 0.4) is 0 Å². The van der Waals surface area contributed by atoms with Gasteiger partial charge in [0.2, 0.25) is 0 Å². The van der Waals surface area contributed by atoms with Crippen molar-refractivity contribution in [2.24, 2.45) is 0 Å². The molecule has 1 fully saturated rings. The molecule has 1 aliphatic heterocycles. The van der Waals surface area contributed by atoms with Crippen molar-refractivity contribution < 1.29 is 13.6 Å². The van der Waals surface area contributed by atoms with Gasteiger partial charge in [0.15, 0.2) is 5.82 Å². The van der Waals surface area contributed by atoms with Crippen molar-refractivity contribution in [1.82, 2.24) is 10.3 Å². The van der Waals surface area contributed by atoms with E-state index in [1.807, 2.05) is 13.1 Å². The highest BCUT2D eigenvalue weighted by Gasteiger charge is 2.22. The number of benzene rings is 1. The standard InChI is InChI=1S/C18H19ClF2N4O/c1-25(11-7-9-22-10-8-11)15-4-2-3-14(23-15)24-18(26)16-13(20)6-5-12(19)17(16)21/h2-6,11,22H,7-10H2,1H3,(H,23,24,26). The molecule has 3 rings (SSSR count). The number of carbonyl (C=O) groups excluding carboxylic acids is 1. The molecule has 0 unspecified atom stereocenters. The van der Waals surface area contributed by atoms with Crippen LogP contribution in [0.4, 0.5) is 20.4 Å². The molecule has 5 nitrogen and oxygen atoms in total. The van der Waals surface area contributed by atoms with Gasteiger partial charge in [-0.1, -0.05) is 17.7 Å². The number of nitrogens with one attached hydrogen (secondary N) is 2. The lowest BCUT2D eigenvalue weighted by Gasteiger charge is -2.32. The van der Waals surface area contributed by atoms with Gasteiger partial charge >= 0.3 is 0 Å². The second-order valence-corrected chi connectivity index (χ2v) is 6.55. The summed E-state index contributed by atoms with van der Waals surface area (Å²) in [5, 5.41) is 5.43. The monoisotopic (exact) mass is 380 g/mol. The Bertz CT molecular complexity index is 812. The minimum Gasteiger partial charge on any atom is -0.357 e. The minimum absolute atomic E-state index is 0.215. The van der Waals surface area contributed by atoms with Crippen molar-refractivity contribution in [1.29, 1.82) is 0 Å². The van der Waals surface area contributed by atoms with Gasteiger partial charge in [0.25, 0.3) is 5.91 Å². The number of amides is 1. The van der Waals surface area contributed by atoms with Crippen LogP contribution < -0.4 is 15.5 Å². The number of piperidine rings is 1. The van der Waals surface area contributed by atoms with Crippen LogP contribution in [0, 0.1) is 11.6 Å². The first kappa shape index (κ1) is 18.5. The fraction of sp³-hybridized carbons (Fsp3) is 0.333. The summed E-state index contributed by atoms with van der Waals surface area (Å²) in [5.74, 6) is -2.11. The van der Waals surface area contributed by atoms with Gasteiger partial charge in [-0.2, -0.15) is 0 Å². The number of pyridine rings is 1. The van der Waals surface area contributed by atoms with Gasteiger partial charge in [0, 0.05) is 13.1 Å². The van der Waals surface area contributed by atoms with Gasteiger partial charge in [0.05, 0.1) is 5.02 Å². The molecule has 2 aromatic rings. The van der Waals surface area contributed by atoms with E-state index in [9.17, 15) is 13.6 Å². The number of nitrogens with zero attached hydrogens (tertiary/aromatic N) is 2. The average molecular weight is 381 g/mol. The summed E-state index contributed by atoms with van der Waals surface area (Å²) in [6.45, 7) is 1.89. The number of aromatic nitrogens is 1. The van der Waals surface area contributed by atoms with E-state index >= 15 is 0 Å². The van der Waals surface area contributed by atoms with E-state index < -0.39 is 23.1 Å². The summed E-state index contributed by atoms with van der Waals surface area (Å²) in [7, 11) is 1.94. The molecule has 1 aliphatic rings. The Hall–Kier alpha value is -2.25. The first-order valence-electron chi connectivity index (χ1n) is 8.33. The van der Waals surface area contributed by atoms with Crippen molar-refractivity contribution in [3.05, 3.63) is 52.6 Å². The lowest BCUT2D eigenvalue weighted by atomic mass is 10.1. The lowest BCUT2D eigenvalue weighted by Crippen LogP contribution is -2.41. The largest absolute Gasteiger partial charge is 0.357 e. The summed E-state index contributed by atoms with van der Waals surface area (Å²) < 4.78 is 27.8. The van der Waals surface area contributed by atoms with E-state index in [0.717, 1.165) is 38.1 Å². The SMILES string of the molecule is CN(c1cccc(NC(=O)c2c(F)ccc(Cl)c2F)n1)C1CCNCC1. The van der Waals surface area contributed by atoms with Gasteiger partial charge in [-0.15, -0.1) is 0 Å². The van der Waals surface area contributed by atoms with E-state index in [-0.39, 0.29) is 10.8 Å². The Balaban J connectivity index is 1.78. The molecule has 0 saturated carbocycles. The number of rotatable bonds is 4. The van der Waals surface area contributed by atoms with Gasteiger partial charge < -0.3 is 15.5 Å². The number of hydrogen-bond acceptors (Lipinski definition) is 4. The van der Waals surface area contributed by atoms with Crippen molar-refractivity contribution in [2.75, 3.05) is 30.4 Å². The lowest BCUT2D eigenvalue weighted by molar-refractivity contribution is 0.101. The summed E-state index contributed by atoms with van der Waals surface area (Å²) in [6.07, 6.45) is 1.99. The second kappa shape index (κ2) is 7.97. The van der Waals surface area contributed by atoms with Crippen LogP contribution in [0.2, 0.25) is 5.02 Å². The van der Waals surface area contributed by atoms with E-state index in [4.69, 9.17) is 11.6 Å².